The van der Waals surface area contributed by atoms with Gasteiger partial charge in [0, 0.05) is 38.1 Å². The average molecular weight is 371 g/mol. The van der Waals surface area contributed by atoms with Crippen molar-refractivity contribution in [2.75, 3.05) is 26.7 Å². The minimum absolute atomic E-state index is 0.189. The monoisotopic (exact) mass is 371 g/mol. The second-order valence-electron chi connectivity index (χ2n) is 7.79. The number of nitrogens with one attached hydrogen (secondary N) is 1. The highest BCUT2D eigenvalue weighted by molar-refractivity contribution is 5.74. The Hall–Kier alpha value is -2.35. The van der Waals surface area contributed by atoms with E-state index in [1.54, 1.807) is 0 Å². The number of urea groups is 1. The van der Waals surface area contributed by atoms with Gasteiger partial charge in [-0.15, -0.1) is 0 Å². The maximum absolute atomic E-state index is 12.8. The van der Waals surface area contributed by atoms with Crippen LogP contribution in [-0.4, -0.2) is 67.2 Å². The van der Waals surface area contributed by atoms with Crippen molar-refractivity contribution in [2.45, 2.75) is 52.4 Å². The third-order valence-electron chi connectivity index (χ3n) is 5.35. The summed E-state index contributed by atoms with van der Waals surface area (Å²) in [7, 11) is 2.07. The van der Waals surface area contributed by atoms with Gasteiger partial charge in [-0.05, 0) is 39.3 Å². The van der Waals surface area contributed by atoms with E-state index in [0.29, 0.717) is 6.54 Å². The maximum atomic E-state index is 12.8. The fraction of sp³-hybridized carbons (Fsp3) is 0.632. The molecule has 0 atom stereocenters. The number of nitrogens with zero attached hydrogens (tertiary/aromatic N) is 6. The molecule has 2 aromatic heterocycles. The summed E-state index contributed by atoms with van der Waals surface area (Å²) in [6.07, 6.45) is 5.35. The Labute approximate surface area is 160 Å². The number of amides is 2. The van der Waals surface area contributed by atoms with Gasteiger partial charge in [0.2, 0.25) is 0 Å². The zero-order valence-electron chi connectivity index (χ0n) is 16.3. The smallest absolute Gasteiger partial charge is 0.320 e. The van der Waals surface area contributed by atoms with Crippen LogP contribution in [0.2, 0.25) is 0 Å². The summed E-state index contributed by atoms with van der Waals surface area (Å²) in [6.45, 7) is 7.50. The molecule has 27 heavy (non-hydrogen) atoms. The van der Waals surface area contributed by atoms with E-state index in [2.05, 4.69) is 32.7 Å². The summed E-state index contributed by atoms with van der Waals surface area (Å²) < 4.78 is 2.06. The minimum Gasteiger partial charge on any atom is -0.345 e. The number of hydrogen-bond acceptors (Lipinski definition) is 4. The lowest BCUT2D eigenvalue weighted by molar-refractivity contribution is 0.131. The summed E-state index contributed by atoms with van der Waals surface area (Å²) in [5, 5.41) is 4.74. The fourth-order valence-corrected chi connectivity index (χ4v) is 3.99. The number of imidazole rings is 1. The molecule has 0 radical (unpaired) electrons. The van der Waals surface area contributed by atoms with Crippen LogP contribution in [-0.2, 0) is 26.2 Å². The number of likely N-dealkylation sites (tertiary alicyclic amines) is 1. The summed E-state index contributed by atoms with van der Waals surface area (Å²) in [5.41, 5.74) is 3.25. The molecule has 0 aromatic carbocycles. The van der Waals surface area contributed by atoms with E-state index in [0.717, 1.165) is 75.0 Å². The van der Waals surface area contributed by atoms with Gasteiger partial charge in [0.15, 0.2) is 0 Å². The first-order valence-corrected chi connectivity index (χ1v) is 9.87. The van der Waals surface area contributed by atoms with Gasteiger partial charge in [-0.3, -0.25) is 9.58 Å². The molecule has 0 bridgehead atoms. The van der Waals surface area contributed by atoms with Crippen molar-refractivity contribution in [3.05, 3.63) is 35.2 Å². The Morgan fingerprint density at radius 2 is 1.96 bits per heavy atom. The Morgan fingerprint density at radius 3 is 2.70 bits per heavy atom. The molecule has 1 N–H and O–H groups in total. The first kappa shape index (κ1) is 18.0. The van der Waals surface area contributed by atoms with Crippen molar-refractivity contribution < 1.29 is 4.79 Å². The predicted octanol–water partition coefficient (Wildman–Crippen LogP) is 1.97. The average Bonchev–Trinajstić information content (AvgIpc) is 3.26. The zero-order chi connectivity index (χ0) is 18.8. The highest BCUT2D eigenvalue weighted by Gasteiger charge is 2.27. The lowest BCUT2D eigenvalue weighted by Gasteiger charge is -2.35. The Kier molecular flexibility index (Phi) is 5.15. The first-order valence-electron chi connectivity index (χ1n) is 9.87. The van der Waals surface area contributed by atoms with Crippen LogP contribution in [0.25, 0.3) is 0 Å². The summed E-state index contributed by atoms with van der Waals surface area (Å²) in [6, 6.07) is 2.33. The molecule has 1 saturated heterocycles. The minimum atomic E-state index is 0.189. The number of carbonyl (C=O) groups is 1. The van der Waals surface area contributed by atoms with E-state index in [4.69, 9.17) is 5.10 Å². The van der Waals surface area contributed by atoms with E-state index in [1.165, 1.54) is 6.42 Å². The SMILES string of the molecule is Cc1cnc(CN(C)Cc2cc3n(n2)CCN(C(=O)N2CCCCC2)C3)[nH]1. The third-order valence-corrected chi connectivity index (χ3v) is 5.35. The predicted molar refractivity (Wildman–Crippen MR) is 102 cm³/mol. The molecule has 146 valence electrons. The second-order valence-corrected chi connectivity index (χ2v) is 7.79. The summed E-state index contributed by atoms with van der Waals surface area (Å²) >= 11 is 0. The standard InChI is InChI=1S/C19H29N7O/c1-15-11-20-18(21-15)14-23(2)12-16-10-17-13-25(8-9-26(17)22-16)19(27)24-6-4-3-5-7-24/h10-11H,3-9,12-14H2,1-2H3,(H,20,21). The van der Waals surface area contributed by atoms with Gasteiger partial charge in [0.05, 0.1) is 31.0 Å². The largest absolute Gasteiger partial charge is 0.345 e. The fourth-order valence-electron chi connectivity index (χ4n) is 3.99. The van der Waals surface area contributed by atoms with Crippen LogP contribution in [0.15, 0.2) is 12.3 Å². The topological polar surface area (TPSA) is 73.3 Å². The Bertz CT molecular complexity index is 790. The van der Waals surface area contributed by atoms with Crippen LogP contribution in [0.5, 0.6) is 0 Å². The molecule has 4 rings (SSSR count). The number of aryl methyl sites for hydroxylation is 1. The molecule has 1 fully saturated rings. The lowest BCUT2D eigenvalue weighted by Crippen LogP contribution is -2.48. The van der Waals surface area contributed by atoms with E-state index < -0.39 is 0 Å². The quantitative estimate of drug-likeness (QED) is 0.892. The highest BCUT2D eigenvalue weighted by Crippen LogP contribution is 2.18. The van der Waals surface area contributed by atoms with Gasteiger partial charge in [-0.2, -0.15) is 5.10 Å². The van der Waals surface area contributed by atoms with Crippen molar-refractivity contribution in [2.24, 2.45) is 0 Å². The first-order chi connectivity index (χ1) is 13.1. The second kappa shape index (κ2) is 7.72. The molecular weight excluding hydrogens is 342 g/mol. The van der Waals surface area contributed by atoms with E-state index in [1.807, 2.05) is 22.9 Å². The van der Waals surface area contributed by atoms with E-state index in [-0.39, 0.29) is 6.03 Å². The third kappa shape index (κ3) is 4.16. The zero-order valence-corrected chi connectivity index (χ0v) is 16.3. The van der Waals surface area contributed by atoms with Crippen LogP contribution in [0.1, 0.15) is 42.2 Å². The van der Waals surface area contributed by atoms with Crippen molar-refractivity contribution >= 4 is 6.03 Å². The van der Waals surface area contributed by atoms with Crippen molar-refractivity contribution in [3.8, 4) is 0 Å². The molecule has 8 nitrogen and oxygen atoms in total. The van der Waals surface area contributed by atoms with Crippen molar-refractivity contribution in [1.29, 1.82) is 0 Å². The van der Waals surface area contributed by atoms with Gasteiger partial charge >= 0.3 is 6.03 Å². The van der Waals surface area contributed by atoms with Crippen LogP contribution < -0.4 is 0 Å². The molecule has 2 amide bonds. The number of fused-ring (bicyclic) bond motifs is 1. The normalized spacial score (nSPS) is 17.4. The number of rotatable bonds is 4. The number of piperidine rings is 1. The van der Waals surface area contributed by atoms with Crippen LogP contribution in [0.3, 0.4) is 0 Å². The van der Waals surface area contributed by atoms with Gasteiger partial charge in [-0.25, -0.2) is 9.78 Å². The molecule has 2 aliphatic rings. The molecule has 8 heteroatoms. The number of hydrogen-bond donors (Lipinski definition) is 1. The highest BCUT2D eigenvalue weighted by atomic mass is 16.2. The van der Waals surface area contributed by atoms with Crippen LogP contribution in [0.4, 0.5) is 4.79 Å². The molecule has 0 aliphatic carbocycles. The Balaban J connectivity index is 1.36. The van der Waals surface area contributed by atoms with E-state index >= 15 is 0 Å². The number of aromatic amines is 1. The van der Waals surface area contributed by atoms with Crippen molar-refractivity contribution in [1.82, 2.24) is 34.4 Å². The molecule has 4 heterocycles. The number of H-pyrrole nitrogens is 1. The van der Waals surface area contributed by atoms with Crippen molar-refractivity contribution in [3.63, 3.8) is 0 Å². The van der Waals surface area contributed by atoms with Gasteiger partial charge in [0.1, 0.15) is 5.82 Å². The molecule has 0 spiro atoms. The lowest BCUT2D eigenvalue weighted by atomic mass is 10.1. The maximum Gasteiger partial charge on any atom is 0.320 e. The van der Waals surface area contributed by atoms with Gasteiger partial charge in [-0.1, -0.05) is 0 Å². The molecule has 0 unspecified atom stereocenters. The number of carbonyl (C=O) groups excluding carboxylic acids is 1. The van der Waals surface area contributed by atoms with Crippen LogP contribution in [0, 0.1) is 6.92 Å². The molecule has 0 saturated carbocycles. The van der Waals surface area contributed by atoms with Gasteiger partial charge < -0.3 is 14.8 Å². The van der Waals surface area contributed by atoms with Gasteiger partial charge in [0.25, 0.3) is 0 Å². The van der Waals surface area contributed by atoms with E-state index in [9.17, 15) is 4.79 Å². The molecule has 2 aromatic rings. The molecule has 2 aliphatic heterocycles. The molecular formula is C19H29N7O. The number of aromatic nitrogens is 4. The van der Waals surface area contributed by atoms with Crippen LogP contribution >= 0.6 is 0 Å². The summed E-state index contributed by atoms with van der Waals surface area (Å²) in [5.74, 6) is 0.970. The Morgan fingerprint density at radius 1 is 1.15 bits per heavy atom. The summed E-state index contributed by atoms with van der Waals surface area (Å²) in [4.78, 5) is 26.6.